The van der Waals surface area contributed by atoms with Crippen LogP contribution in [0.3, 0.4) is 0 Å². The molecule has 46 heavy (non-hydrogen) atoms. The van der Waals surface area contributed by atoms with Gasteiger partial charge in [-0.2, -0.15) is 0 Å². The zero-order valence-corrected chi connectivity index (χ0v) is 26.8. The summed E-state index contributed by atoms with van der Waals surface area (Å²) in [6, 6.07) is 24.5. The van der Waals surface area contributed by atoms with Gasteiger partial charge in [0.1, 0.15) is 5.75 Å². The zero-order chi connectivity index (χ0) is 32.7. The number of fused-ring (bicyclic) bond motifs is 1. The average Bonchev–Trinajstić information content (AvgIpc) is 3.07. The van der Waals surface area contributed by atoms with Crippen LogP contribution >= 0.6 is 0 Å². The molecule has 0 saturated carbocycles. The lowest BCUT2D eigenvalue weighted by molar-refractivity contribution is -0.147. The van der Waals surface area contributed by atoms with Gasteiger partial charge in [-0.1, -0.05) is 66.7 Å². The molecule has 0 aromatic heterocycles. The van der Waals surface area contributed by atoms with Crippen molar-refractivity contribution in [1.82, 2.24) is 15.5 Å². The average molecular weight is 626 g/mol. The van der Waals surface area contributed by atoms with E-state index in [1.54, 1.807) is 39.2 Å². The van der Waals surface area contributed by atoms with E-state index in [2.05, 4.69) is 10.6 Å². The molecule has 1 fully saturated rings. The van der Waals surface area contributed by atoms with Crippen LogP contribution in [-0.2, 0) is 24.5 Å². The Morgan fingerprint density at radius 1 is 0.891 bits per heavy atom. The van der Waals surface area contributed by atoms with Crippen molar-refractivity contribution in [2.45, 2.75) is 69.4 Å². The molecule has 0 spiro atoms. The molecule has 1 aliphatic carbocycles. The van der Waals surface area contributed by atoms with Crippen molar-refractivity contribution in [2.75, 3.05) is 26.7 Å². The molecule has 1 heterocycles. The Bertz CT molecular complexity index is 1550. The molecule has 1 aliphatic heterocycles. The summed E-state index contributed by atoms with van der Waals surface area (Å²) in [6.45, 7) is 4.81. The Hall–Kier alpha value is -4.66. The van der Waals surface area contributed by atoms with E-state index in [1.165, 1.54) is 0 Å². The highest BCUT2D eigenvalue weighted by atomic mass is 16.5. The van der Waals surface area contributed by atoms with Crippen molar-refractivity contribution in [1.29, 1.82) is 0 Å². The highest BCUT2D eigenvalue weighted by Gasteiger charge is 2.48. The van der Waals surface area contributed by atoms with Crippen LogP contribution in [0.4, 0.5) is 0 Å². The summed E-state index contributed by atoms with van der Waals surface area (Å²) in [4.78, 5) is 55.2. The predicted octanol–water partition coefficient (Wildman–Crippen LogP) is 4.74. The first kappa shape index (κ1) is 32.7. The van der Waals surface area contributed by atoms with Gasteiger partial charge in [0, 0.05) is 25.7 Å². The predicted molar refractivity (Wildman–Crippen MR) is 175 cm³/mol. The summed E-state index contributed by atoms with van der Waals surface area (Å²) >= 11 is 0. The molecule has 242 valence electrons. The third kappa shape index (κ3) is 6.93. The molecule has 2 aliphatic rings. The lowest BCUT2D eigenvalue weighted by Gasteiger charge is -2.42. The number of amides is 3. The van der Waals surface area contributed by atoms with Crippen molar-refractivity contribution >= 4 is 23.7 Å². The first-order valence-electron chi connectivity index (χ1n) is 16.1. The Kier molecular flexibility index (Phi) is 10.4. The Labute approximate surface area is 270 Å². The van der Waals surface area contributed by atoms with Crippen molar-refractivity contribution in [3.63, 3.8) is 0 Å². The minimum absolute atomic E-state index is 0.0421. The standard InChI is InChI=1S/C37H43N3O6/c1-25(2)46-33(41)18-22-38-36(44)37(26-11-5-4-6-12-26)21-17-29(28-13-7-9-15-31(28)37)35(43)40-23-19-27(20-24-40)39-34(42)30-14-8-10-16-32(30)45-3/h4-16,25,27,29H,17-24H2,1-3H3,(H,38,44)(H,39,42)/t29-,37+/m0/s1. The van der Waals surface area contributed by atoms with Crippen LogP contribution in [0.5, 0.6) is 5.75 Å². The summed E-state index contributed by atoms with van der Waals surface area (Å²) in [5.41, 5.74) is 1.99. The number of likely N-dealkylation sites (tertiary alicyclic amines) is 1. The number of benzene rings is 3. The number of rotatable bonds is 10. The third-order valence-corrected chi connectivity index (χ3v) is 9.03. The number of ether oxygens (including phenoxy) is 2. The van der Waals surface area contributed by atoms with Crippen LogP contribution in [0.25, 0.3) is 0 Å². The van der Waals surface area contributed by atoms with Crippen LogP contribution in [0, 0.1) is 0 Å². The molecule has 0 radical (unpaired) electrons. The van der Waals surface area contributed by atoms with Crippen LogP contribution in [0.1, 0.15) is 78.9 Å². The summed E-state index contributed by atoms with van der Waals surface area (Å²) < 4.78 is 10.6. The second-order valence-corrected chi connectivity index (χ2v) is 12.3. The minimum Gasteiger partial charge on any atom is -0.496 e. The van der Waals surface area contributed by atoms with E-state index in [4.69, 9.17) is 9.47 Å². The molecule has 0 unspecified atom stereocenters. The molecule has 3 amide bonds. The lowest BCUT2D eigenvalue weighted by atomic mass is 9.62. The second kappa shape index (κ2) is 14.6. The van der Waals surface area contributed by atoms with E-state index in [0.717, 1.165) is 16.7 Å². The monoisotopic (exact) mass is 625 g/mol. The highest BCUT2D eigenvalue weighted by molar-refractivity contribution is 5.97. The number of hydrogen-bond donors (Lipinski definition) is 2. The maximum atomic E-state index is 14.1. The molecule has 0 bridgehead atoms. The molecular formula is C37H43N3O6. The van der Waals surface area contributed by atoms with Gasteiger partial charge in [-0.25, -0.2) is 0 Å². The number of esters is 1. The van der Waals surface area contributed by atoms with E-state index >= 15 is 0 Å². The summed E-state index contributed by atoms with van der Waals surface area (Å²) in [7, 11) is 1.54. The van der Waals surface area contributed by atoms with Crippen LogP contribution in [-0.4, -0.2) is 67.5 Å². The Morgan fingerprint density at radius 3 is 2.28 bits per heavy atom. The Balaban J connectivity index is 1.31. The molecule has 2 N–H and O–H groups in total. The minimum atomic E-state index is -1.01. The highest BCUT2D eigenvalue weighted by Crippen LogP contribution is 2.48. The molecule has 9 nitrogen and oxygen atoms in total. The molecule has 9 heteroatoms. The fourth-order valence-electron chi connectivity index (χ4n) is 6.80. The number of carbonyl (C=O) groups excluding carboxylic acids is 4. The van der Waals surface area contributed by atoms with Gasteiger partial charge in [0.15, 0.2) is 0 Å². The Morgan fingerprint density at radius 2 is 1.57 bits per heavy atom. The van der Waals surface area contributed by atoms with E-state index in [-0.39, 0.29) is 54.7 Å². The number of hydrogen-bond acceptors (Lipinski definition) is 6. The zero-order valence-electron chi connectivity index (χ0n) is 26.8. The van der Waals surface area contributed by atoms with Gasteiger partial charge in [-0.15, -0.1) is 0 Å². The van der Waals surface area contributed by atoms with E-state index in [9.17, 15) is 19.2 Å². The van der Waals surface area contributed by atoms with Crippen LogP contribution < -0.4 is 15.4 Å². The first-order valence-corrected chi connectivity index (χ1v) is 16.1. The van der Waals surface area contributed by atoms with Crippen molar-refractivity contribution in [3.05, 3.63) is 101 Å². The quantitative estimate of drug-likeness (QED) is 0.315. The normalized spacial score (nSPS) is 19.6. The van der Waals surface area contributed by atoms with Gasteiger partial charge in [0.2, 0.25) is 11.8 Å². The molecule has 2 atom stereocenters. The number of para-hydroxylation sites is 1. The molecular weight excluding hydrogens is 582 g/mol. The van der Waals surface area contributed by atoms with Crippen LogP contribution in [0.2, 0.25) is 0 Å². The van der Waals surface area contributed by atoms with E-state index in [0.29, 0.717) is 50.1 Å². The number of nitrogens with zero attached hydrogens (tertiary/aromatic N) is 1. The molecule has 5 rings (SSSR count). The van der Waals surface area contributed by atoms with Gasteiger partial charge in [0.05, 0.1) is 36.5 Å². The summed E-state index contributed by atoms with van der Waals surface area (Å²) in [5.74, 6) is -0.557. The van der Waals surface area contributed by atoms with Gasteiger partial charge in [-0.05, 0) is 68.4 Å². The first-order chi connectivity index (χ1) is 22.2. The summed E-state index contributed by atoms with van der Waals surface area (Å²) in [6.07, 6.45) is 2.09. The fourth-order valence-corrected chi connectivity index (χ4v) is 6.80. The molecule has 3 aromatic rings. The number of methoxy groups -OCH3 is 1. The number of piperidine rings is 1. The van der Waals surface area contributed by atoms with E-state index < -0.39 is 5.41 Å². The fraction of sp³-hybridized carbons (Fsp3) is 0.405. The van der Waals surface area contributed by atoms with E-state index in [1.807, 2.05) is 65.6 Å². The van der Waals surface area contributed by atoms with Gasteiger partial charge < -0.3 is 25.0 Å². The van der Waals surface area contributed by atoms with Gasteiger partial charge in [-0.3, -0.25) is 19.2 Å². The van der Waals surface area contributed by atoms with Crippen molar-refractivity contribution < 1.29 is 28.7 Å². The lowest BCUT2D eigenvalue weighted by Crippen LogP contribution is -2.51. The van der Waals surface area contributed by atoms with Crippen molar-refractivity contribution in [2.24, 2.45) is 0 Å². The second-order valence-electron chi connectivity index (χ2n) is 12.3. The third-order valence-electron chi connectivity index (χ3n) is 9.03. The number of carbonyl (C=O) groups is 4. The number of nitrogens with one attached hydrogen (secondary N) is 2. The topological polar surface area (TPSA) is 114 Å². The largest absolute Gasteiger partial charge is 0.496 e. The van der Waals surface area contributed by atoms with Crippen molar-refractivity contribution in [3.8, 4) is 5.75 Å². The van der Waals surface area contributed by atoms with Gasteiger partial charge in [0.25, 0.3) is 5.91 Å². The van der Waals surface area contributed by atoms with Crippen LogP contribution in [0.15, 0.2) is 78.9 Å². The maximum Gasteiger partial charge on any atom is 0.307 e. The SMILES string of the molecule is COc1ccccc1C(=O)NC1CCN(C(=O)[C@H]2CC[C@@](C(=O)NCCC(=O)OC(C)C)(c3ccccc3)c3ccccc32)CC1. The summed E-state index contributed by atoms with van der Waals surface area (Å²) in [5, 5.41) is 6.11. The molecule has 1 saturated heterocycles. The van der Waals surface area contributed by atoms with Gasteiger partial charge >= 0.3 is 5.97 Å². The maximum absolute atomic E-state index is 14.1. The molecule has 3 aromatic carbocycles. The smallest absolute Gasteiger partial charge is 0.307 e.